The standard InChI is InChI=1S/C28H26N2O6/c29-17-20(18-30)24-16-23(36-26-12-10-21(31)14-25(24)26)11-8-19-7-9-22(32)15-27(19)35-13-5-3-1-2-4-6-28(33)34/h7-12,14-16,31-32H,1-6,13H2,(H,33,34). The number of phenols is 2. The van der Waals surface area contributed by atoms with Crippen molar-refractivity contribution in [3.63, 3.8) is 0 Å². The molecule has 0 radical (unpaired) electrons. The number of rotatable bonds is 11. The van der Waals surface area contributed by atoms with E-state index >= 15 is 0 Å². The van der Waals surface area contributed by atoms with Gasteiger partial charge in [-0.05, 0) is 61.4 Å². The molecule has 3 N–H and O–H groups in total. The number of nitriles is 2. The minimum absolute atomic E-state index is 0.0105. The third-order valence-corrected chi connectivity index (χ3v) is 5.48. The van der Waals surface area contributed by atoms with Crippen molar-refractivity contribution in [1.82, 2.24) is 0 Å². The predicted molar refractivity (Wildman–Crippen MR) is 133 cm³/mol. The van der Waals surface area contributed by atoms with Gasteiger partial charge >= 0.3 is 5.97 Å². The normalized spacial score (nSPS) is 12.2. The van der Waals surface area contributed by atoms with Gasteiger partial charge in [-0.15, -0.1) is 0 Å². The summed E-state index contributed by atoms with van der Waals surface area (Å²) in [4.78, 5) is 10.6. The third kappa shape index (κ3) is 7.15. The molecule has 0 saturated carbocycles. The minimum Gasteiger partial charge on any atom is -0.508 e. The molecule has 0 spiro atoms. The molecule has 1 heterocycles. The van der Waals surface area contributed by atoms with Gasteiger partial charge < -0.3 is 24.8 Å². The average molecular weight is 487 g/mol. The van der Waals surface area contributed by atoms with E-state index in [1.54, 1.807) is 30.4 Å². The Morgan fingerprint density at radius 1 is 0.944 bits per heavy atom. The molecule has 2 aromatic carbocycles. The lowest BCUT2D eigenvalue weighted by Crippen LogP contribution is -2.04. The van der Waals surface area contributed by atoms with Crippen molar-refractivity contribution in [3.8, 4) is 35.1 Å². The smallest absolute Gasteiger partial charge is 0.303 e. The third-order valence-electron chi connectivity index (χ3n) is 5.48. The fourth-order valence-corrected chi connectivity index (χ4v) is 3.68. The van der Waals surface area contributed by atoms with E-state index in [0.717, 1.165) is 25.7 Å². The van der Waals surface area contributed by atoms with Crippen LogP contribution in [-0.4, -0.2) is 27.9 Å². The van der Waals surface area contributed by atoms with E-state index in [9.17, 15) is 25.5 Å². The number of benzene rings is 2. The number of hydrogen-bond acceptors (Lipinski definition) is 7. The molecule has 0 aromatic heterocycles. The van der Waals surface area contributed by atoms with Crippen molar-refractivity contribution in [2.75, 3.05) is 6.61 Å². The molecule has 8 heteroatoms. The Morgan fingerprint density at radius 2 is 1.64 bits per heavy atom. The van der Waals surface area contributed by atoms with Crippen LogP contribution in [-0.2, 0) is 4.79 Å². The van der Waals surface area contributed by atoms with Crippen LogP contribution >= 0.6 is 0 Å². The van der Waals surface area contributed by atoms with E-state index < -0.39 is 5.97 Å². The summed E-state index contributed by atoms with van der Waals surface area (Å²) in [5.41, 5.74) is 1.39. The molecule has 36 heavy (non-hydrogen) atoms. The van der Waals surface area contributed by atoms with Crippen LogP contribution < -0.4 is 9.47 Å². The van der Waals surface area contributed by atoms with E-state index in [0.29, 0.717) is 47.0 Å². The molecule has 8 nitrogen and oxygen atoms in total. The summed E-state index contributed by atoms with van der Waals surface area (Å²) in [5.74, 6) is 0.553. The first kappa shape index (κ1) is 25.9. The van der Waals surface area contributed by atoms with Gasteiger partial charge in [-0.2, -0.15) is 10.5 Å². The second-order valence-corrected chi connectivity index (χ2v) is 8.16. The monoisotopic (exact) mass is 486 g/mol. The molecule has 1 aliphatic heterocycles. The molecule has 0 unspecified atom stereocenters. The van der Waals surface area contributed by atoms with Gasteiger partial charge in [0.05, 0.1) is 6.61 Å². The summed E-state index contributed by atoms with van der Waals surface area (Å²) in [6, 6.07) is 13.0. The van der Waals surface area contributed by atoms with Crippen LogP contribution in [0.5, 0.6) is 23.0 Å². The zero-order valence-electron chi connectivity index (χ0n) is 19.6. The first-order chi connectivity index (χ1) is 17.4. The summed E-state index contributed by atoms with van der Waals surface area (Å²) >= 11 is 0. The zero-order chi connectivity index (χ0) is 25.9. The number of nitrogens with zero attached hydrogens (tertiary/aromatic N) is 2. The van der Waals surface area contributed by atoms with Crippen LogP contribution in [0.3, 0.4) is 0 Å². The number of hydrogen-bond donors (Lipinski definition) is 3. The molecule has 0 bridgehead atoms. The molecule has 0 atom stereocenters. The Labute approximate surface area is 209 Å². The Balaban J connectivity index is 1.71. The van der Waals surface area contributed by atoms with Gasteiger partial charge in [0.25, 0.3) is 0 Å². The van der Waals surface area contributed by atoms with Crippen LogP contribution in [0.2, 0.25) is 0 Å². The number of unbranched alkanes of at least 4 members (excludes halogenated alkanes) is 4. The first-order valence-corrected chi connectivity index (χ1v) is 11.5. The van der Waals surface area contributed by atoms with E-state index in [1.807, 2.05) is 12.1 Å². The van der Waals surface area contributed by atoms with Crippen molar-refractivity contribution in [2.24, 2.45) is 0 Å². The number of allylic oxidation sites excluding steroid dienone is 4. The summed E-state index contributed by atoms with van der Waals surface area (Å²) in [7, 11) is 0. The van der Waals surface area contributed by atoms with E-state index in [-0.39, 0.29) is 23.5 Å². The van der Waals surface area contributed by atoms with Gasteiger partial charge in [-0.1, -0.05) is 19.3 Å². The van der Waals surface area contributed by atoms with Crippen LogP contribution in [0.1, 0.15) is 49.7 Å². The van der Waals surface area contributed by atoms with Crippen molar-refractivity contribution in [1.29, 1.82) is 10.5 Å². The number of aliphatic carboxylic acids is 1. The summed E-state index contributed by atoms with van der Waals surface area (Å²) in [6.07, 6.45) is 9.33. The van der Waals surface area contributed by atoms with Crippen molar-refractivity contribution in [3.05, 3.63) is 71.0 Å². The van der Waals surface area contributed by atoms with Crippen LogP contribution in [0.4, 0.5) is 0 Å². The molecular weight excluding hydrogens is 460 g/mol. The minimum atomic E-state index is -0.775. The highest BCUT2D eigenvalue weighted by Crippen LogP contribution is 2.38. The maximum atomic E-state index is 10.6. The molecule has 2 aromatic rings. The second kappa shape index (κ2) is 12.7. The second-order valence-electron chi connectivity index (χ2n) is 8.16. The molecular formula is C28H26N2O6. The molecule has 0 fully saturated rings. The van der Waals surface area contributed by atoms with E-state index in [4.69, 9.17) is 14.6 Å². The fourth-order valence-electron chi connectivity index (χ4n) is 3.68. The number of carbonyl (C=O) groups is 1. The number of carboxylic acids is 1. The zero-order valence-corrected chi connectivity index (χ0v) is 19.6. The Morgan fingerprint density at radius 3 is 2.39 bits per heavy atom. The molecule has 3 rings (SSSR count). The lowest BCUT2D eigenvalue weighted by Gasteiger charge is -2.19. The predicted octanol–water partition coefficient (Wildman–Crippen LogP) is 5.69. The Bertz CT molecular complexity index is 1280. The lowest BCUT2D eigenvalue weighted by molar-refractivity contribution is -0.137. The number of fused-ring (bicyclic) bond motifs is 1. The van der Waals surface area contributed by atoms with Gasteiger partial charge in [0, 0.05) is 29.2 Å². The quantitative estimate of drug-likeness (QED) is 0.271. The number of phenolic OH excluding ortho intramolecular Hbond substituents is 2. The van der Waals surface area contributed by atoms with Gasteiger partial charge in [-0.25, -0.2) is 0 Å². The highest BCUT2D eigenvalue weighted by Gasteiger charge is 2.20. The maximum Gasteiger partial charge on any atom is 0.303 e. The van der Waals surface area contributed by atoms with Crippen LogP contribution in [0.25, 0.3) is 11.6 Å². The highest BCUT2D eigenvalue weighted by atomic mass is 16.5. The van der Waals surface area contributed by atoms with Gasteiger partial charge in [0.2, 0.25) is 0 Å². The molecule has 184 valence electrons. The molecule has 1 aliphatic rings. The molecule has 0 aliphatic carbocycles. The first-order valence-electron chi connectivity index (χ1n) is 11.5. The number of ether oxygens (including phenoxy) is 2. The highest BCUT2D eigenvalue weighted by molar-refractivity contribution is 5.87. The van der Waals surface area contributed by atoms with Crippen LogP contribution in [0.15, 0.2) is 59.9 Å². The van der Waals surface area contributed by atoms with Crippen LogP contribution in [0, 0.1) is 22.7 Å². The number of aromatic hydroxyl groups is 2. The maximum absolute atomic E-state index is 10.6. The SMILES string of the molecule is N#CC(C#N)=C1C=C(C=Cc2ccc(O)cc2OCCCCCCCC(=O)O)Oc2ccc(O)cc21. The average Bonchev–Trinajstić information content (AvgIpc) is 2.86. The lowest BCUT2D eigenvalue weighted by atomic mass is 9.97. The summed E-state index contributed by atoms with van der Waals surface area (Å²) in [6.45, 7) is 0.444. The Hall–Kier alpha value is -4.69. The fraction of sp³-hybridized carbons (Fsp3) is 0.250. The van der Waals surface area contributed by atoms with Gasteiger partial charge in [-0.3, -0.25) is 4.79 Å². The molecule has 0 amide bonds. The van der Waals surface area contributed by atoms with Gasteiger partial charge in [0.1, 0.15) is 46.5 Å². The van der Waals surface area contributed by atoms with Crippen molar-refractivity contribution in [2.45, 2.75) is 38.5 Å². The summed E-state index contributed by atoms with van der Waals surface area (Å²) in [5, 5.41) is 47.2. The van der Waals surface area contributed by atoms with E-state index in [2.05, 4.69) is 0 Å². The number of carboxylic acid groups (broad SMARTS) is 1. The van der Waals surface area contributed by atoms with Gasteiger partial charge in [0.15, 0.2) is 0 Å². The summed E-state index contributed by atoms with van der Waals surface area (Å²) < 4.78 is 11.8. The van der Waals surface area contributed by atoms with Crippen molar-refractivity contribution < 1.29 is 29.6 Å². The van der Waals surface area contributed by atoms with E-state index in [1.165, 1.54) is 24.3 Å². The van der Waals surface area contributed by atoms with Crippen molar-refractivity contribution >= 4 is 17.6 Å². The Kier molecular flexibility index (Phi) is 9.13. The topological polar surface area (TPSA) is 144 Å². The largest absolute Gasteiger partial charge is 0.508 e. The molecule has 0 saturated heterocycles.